The molecule has 2 amide bonds. The summed E-state index contributed by atoms with van der Waals surface area (Å²) in [5.41, 5.74) is 1.85. The van der Waals surface area contributed by atoms with Crippen molar-refractivity contribution in [2.45, 2.75) is 64.1 Å². The molecule has 0 unspecified atom stereocenters. The number of rotatable bonds is 5. The standard InChI is InChI=1S/C26H40N4O4/c1-4-33-25(32)30-16-14-29(15-17-30)24(31)20-5-7-23(8-6-20)28-12-9-21(10-13-28)27-22-11-18-34-26(2,3)19-22/h5-8,21-22,27H,4,9-19H2,1-3H3/t22-/m0/s1. The molecule has 3 fully saturated rings. The van der Waals surface area contributed by atoms with Crippen LogP contribution in [0, 0.1) is 0 Å². The largest absolute Gasteiger partial charge is 0.450 e. The lowest BCUT2D eigenvalue weighted by atomic mass is 9.92. The van der Waals surface area contributed by atoms with E-state index in [1.165, 1.54) is 5.69 Å². The predicted octanol–water partition coefficient (Wildman–Crippen LogP) is 3.12. The maximum absolute atomic E-state index is 12.9. The first-order valence-electron chi connectivity index (χ1n) is 12.8. The fourth-order valence-electron chi connectivity index (χ4n) is 5.32. The van der Waals surface area contributed by atoms with Gasteiger partial charge in [0.25, 0.3) is 5.91 Å². The number of benzene rings is 1. The van der Waals surface area contributed by atoms with E-state index in [0.29, 0.717) is 50.4 Å². The maximum atomic E-state index is 12.9. The molecule has 3 aliphatic rings. The van der Waals surface area contributed by atoms with Crippen LogP contribution in [-0.2, 0) is 9.47 Å². The Morgan fingerprint density at radius 2 is 1.62 bits per heavy atom. The Hall–Kier alpha value is -2.32. The number of piperidine rings is 1. The average Bonchev–Trinajstić information content (AvgIpc) is 2.84. The first-order chi connectivity index (χ1) is 16.3. The fourth-order valence-corrected chi connectivity index (χ4v) is 5.32. The number of nitrogens with one attached hydrogen (secondary N) is 1. The number of hydrogen-bond donors (Lipinski definition) is 1. The topological polar surface area (TPSA) is 74.4 Å². The van der Waals surface area contributed by atoms with Crippen molar-refractivity contribution in [2.24, 2.45) is 0 Å². The number of amides is 2. The van der Waals surface area contributed by atoms with E-state index in [2.05, 4.69) is 36.2 Å². The number of nitrogens with zero attached hydrogens (tertiary/aromatic N) is 3. The Kier molecular flexibility index (Phi) is 7.99. The normalized spacial score (nSPS) is 23.6. The molecule has 0 saturated carbocycles. The van der Waals surface area contributed by atoms with Gasteiger partial charge in [-0.3, -0.25) is 4.79 Å². The molecule has 3 aliphatic heterocycles. The van der Waals surface area contributed by atoms with Crippen LogP contribution in [0.15, 0.2) is 24.3 Å². The molecule has 8 nitrogen and oxygen atoms in total. The Labute approximate surface area is 203 Å². The quantitative estimate of drug-likeness (QED) is 0.710. The number of ether oxygens (including phenoxy) is 2. The van der Waals surface area contributed by atoms with Gasteiger partial charge in [0.15, 0.2) is 0 Å². The van der Waals surface area contributed by atoms with Crippen molar-refractivity contribution in [3.63, 3.8) is 0 Å². The van der Waals surface area contributed by atoms with Crippen LogP contribution in [0.1, 0.15) is 56.8 Å². The Morgan fingerprint density at radius 3 is 2.24 bits per heavy atom. The highest BCUT2D eigenvalue weighted by Gasteiger charge is 2.31. The lowest BCUT2D eigenvalue weighted by molar-refractivity contribution is -0.0644. The first-order valence-corrected chi connectivity index (χ1v) is 12.8. The van der Waals surface area contributed by atoms with Gasteiger partial charge in [0.1, 0.15) is 0 Å². The van der Waals surface area contributed by atoms with E-state index in [1.54, 1.807) is 11.8 Å². The van der Waals surface area contributed by atoms with Crippen LogP contribution in [0.2, 0.25) is 0 Å². The van der Waals surface area contributed by atoms with E-state index in [9.17, 15) is 9.59 Å². The monoisotopic (exact) mass is 472 g/mol. The van der Waals surface area contributed by atoms with Crippen molar-refractivity contribution >= 4 is 17.7 Å². The van der Waals surface area contributed by atoms with Gasteiger partial charge in [0.2, 0.25) is 0 Å². The first kappa shape index (κ1) is 24.8. The molecule has 0 radical (unpaired) electrons. The van der Waals surface area contributed by atoms with Crippen LogP contribution >= 0.6 is 0 Å². The van der Waals surface area contributed by atoms with Gasteiger partial charge >= 0.3 is 6.09 Å². The SMILES string of the molecule is CCOC(=O)N1CCN(C(=O)c2ccc(N3CCC(N[C@H]4CCOC(C)(C)C4)CC3)cc2)CC1. The lowest BCUT2D eigenvalue weighted by Crippen LogP contribution is -2.51. The summed E-state index contributed by atoms with van der Waals surface area (Å²) >= 11 is 0. The Morgan fingerprint density at radius 1 is 0.971 bits per heavy atom. The third kappa shape index (κ3) is 6.21. The van der Waals surface area contributed by atoms with Crippen molar-refractivity contribution in [1.29, 1.82) is 0 Å². The highest BCUT2D eigenvalue weighted by molar-refractivity contribution is 5.94. The van der Waals surface area contributed by atoms with E-state index < -0.39 is 0 Å². The van der Waals surface area contributed by atoms with E-state index in [0.717, 1.165) is 45.4 Å². The Bertz CT molecular complexity index is 828. The van der Waals surface area contributed by atoms with Crippen molar-refractivity contribution in [3.8, 4) is 0 Å². The fraction of sp³-hybridized carbons (Fsp3) is 0.692. The summed E-state index contributed by atoms with van der Waals surface area (Å²) in [6, 6.07) is 9.11. The molecule has 3 saturated heterocycles. The van der Waals surface area contributed by atoms with Crippen LogP contribution in [0.5, 0.6) is 0 Å². The zero-order valence-electron chi connectivity index (χ0n) is 20.9. The molecule has 4 rings (SSSR count). The number of hydrogen-bond acceptors (Lipinski definition) is 6. The number of carbonyl (C=O) groups is 2. The maximum Gasteiger partial charge on any atom is 0.409 e. The summed E-state index contributed by atoms with van der Waals surface area (Å²) in [5, 5.41) is 3.87. The predicted molar refractivity (Wildman–Crippen MR) is 132 cm³/mol. The van der Waals surface area contributed by atoms with Gasteiger partial charge in [0, 0.05) is 69.2 Å². The van der Waals surface area contributed by atoms with Crippen LogP contribution in [0.3, 0.4) is 0 Å². The molecule has 34 heavy (non-hydrogen) atoms. The zero-order chi connectivity index (χ0) is 24.1. The van der Waals surface area contributed by atoms with Gasteiger partial charge in [-0.1, -0.05) is 0 Å². The molecule has 188 valence electrons. The smallest absolute Gasteiger partial charge is 0.409 e. The third-order valence-corrected chi connectivity index (χ3v) is 7.24. The number of piperazine rings is 1. The van der Waals surface area contributed by atoms with E-state index >= 15 is 0 Å². The third-order valence-electron chi connectivity index (χ3n) is 7.24. The summed E-state index contributed by atoms with van der Waals surface area (Å²) < 4.78 is 10.9. The second-order valence-corrected chi connectivity index (χ2v) is 10.3. The van der Waals surface area contributed by atoms with E-state index in [4.69, 9.17) is 9.47 Å². The lowest BCUT2D eigenvalue weighted by Gasteiger charge is -2.40. The van der Waals surface area contributed by atoms with Gasteiger partial charge in [0.05, 0.1) is 12.2 Å². The van der Waals surface area contributed by atoms with Crippen LogP contribution < -0.4 is 10.2 Å². The molecule has 0 aliphatic carbocycles. The molecule has 0 bridgehead atoms. The molecular weight excluding hydrogens is 432 g/mol. The summed E-state index contributed by atoms with van der Waals surface area (Å²) in [7, 11) is 0. The summed E-state index contributed by atoms with van der Waals surface area (Å²) in [5.74, 6) is 0.0253. The summed E-state index contributed by atoms with van der Waals surface area (Å²) in [6.45, 7) is 11.5. The molecule has 1 aromatic rings. The van der Waals surface area contributed by atoms with Gasteiger partial charge in [-0.25, -0.2) is 4.79 Å². The van der Waals surface area contributed by atoms with Crippen molar-refractivity contribution in [3.05, 3.63) is 29.8 Å². The second kappa shape index (κ2) is 11.0. The van der Waals surface area contributed by atoms with Crippen molar-refractivity contribution < 1.29 is 19.1 Å². The van der Waals surface area contributed by atoms with Gasteiger partial charge in [-0.2, -0.15) is 0 Å². The van der Waals surface area contributed by atoms with Gasteiger partial charge < -0.3 is 29.5 Å². The van der Waals surface area contributed by atoms with Gasteiger partial charge in [-0.15, -0.1) is 0 Å². The molecule has 1 aromatic carbocycles. The minimum Gasteiger partial charge on any atom is -0.450 e. The molecule has 0 spiro atoms. The highest BCUT2D eigenvalue weighted by Crippen LogP contribution is 2.26. The molecule has 1 N–H and O–H groups in total. The van der Waals surface area contributed by atoms with Crippen LogP contribution in [-0.4, -0.2) is 92.0 Å². The molecular formula is C26H40N4O4. The summed E-state index contributed by atoms with van der Waals surface area (Å²) in [6.07, 6.45) is 4.12. The van der Waals surface area contributed by atoms with Crippen molar-refractivity contribution in [1.82, 2.24) is 15.1 Å². The second-order valence-electron chi connectivity index (χ2n) is 10.3. The molecule has 0 aromatic heterocycles. The molecule has 1 atom stereocenters. The average molecular weight is 473 g/mol. The van der Waals surface area contributed by atoms with Crippen molar-refractivity contribution in [2.75, 3.05) is 57.4 Å². The Balaban J connectivity index is 1.23. The van der Waals surface area contributed by atoms with Gasteiger partial charge in [-0.05, 0) is 70.7 Å². The minimum absolute atomic E-state index is 0.0235. The van der Waals surface area contributed by atoms with E-state index in [1.807, 2.05) is 17.0 Å². The summed E-state index contributed by atoms with van der Waals surface area (Å²) in [4.78, 5) is 30.7. The minimum atomic E-state index is -0.297. The van der Waals surface area contributed by atoms with Crippen LogP contribution in [0.4, 0.5) is 10.5 Å². The number of anilines is 1. The highest BCUT2D eigenvalue weighted by atomic mass is 16.6. The van der Waals surface area contributed by atoms with Crippen LogP contribution in [0.25, 0.3) is 0 Å². The molecule has 3 heterocycles. The molecule has 8 heteroatoms. The number of carbonyl (C=O) groups excluding carboxylic acids is 2. The zero-order valence-corrected chi connectivity index (χ0v) is 20.9. The van der Waals surface area contributed by atoms with E-state index in [-0.39, 0.29) is 17.6 Å².